The van der Waals surface area contributed by atoms with Crippen LogP contribution < -0.4 is 10.6 Å². The fourth-order valence-electron chi connectivity index (χ4n) is 2.12. The molecule has 1 aliphatic heterocycles. The number of nitrogens with zero attached hydrogens (tertiary/aromatic N) is 3. The van der Waals surface area contributed by atoms with Gasteiger partial charge in [0.1, 0.15) is 11.2 Å². The minimum atomic E-state index is -3.37. The highest BCUT2D eigenvalue weighted by molar-refractivity contribution is 8.01. The van der Waals surface area contributed by atoms with Gasteiger partial charge in [0.15, 0.2) is 9.84 Å². The van der Waals surface area contributed by atoms with E-state index in [-0.39, 0.29) is 23.1 Å². The number of rotatable bonds is 4. The lowest BCUT2D eigenvalue weighted by Gasteiger charge is -2.35. The summed E-state index contributed by atoms with van der Waals surface area (Å²) in [5.41, 5.74) is 5.38. The van der Waals surface area contributed by atoms with Gasteiger partial charge in [0.05, 0.1) is 4.92 Å². The maximum atomic E-state index is 12.2. The Balaban J connectivity index is 2.52. The molecule has 0 aliphatic carbocycles. The Labute approximate surface area is 126 Å². The number of nitrogen functional groups attached to an aromatic ring is 1. The summed E-state index contributed by atoms with van der Waals surface area (Å²) in [6.45, 7) is 1.94. The molecule has 2 rings (SSSR count). The quantitative estimate of drug-likeness (QED) is 0.637. The fourth-order valence-corrected chi connectivity index (χ4v) is 5.09. The molecule has 0 aromatic carbocycles. The van der Waals surface area contributed by atoms with Crippen LogP contribution in [-0.4, -0.2) is 47.5 Å². The normalized spacial score (nSPS) is 19.5. The molecule has 2 heterocycles. The van der Waals surface area contributed by atoms with Crippen molar-refractivity contribution < 1.29 is 13.3 Å². The zero-order valence-corrected chi connectivity index (χ0v) is 13.1. The molecule has 21 heavy (non-hydrogen) atoms. The summed E-state index contributed by atoms with van der Waals surface area (Å²) in [5, 5.41) is 10.3. The van der Waals surface area contributed by atoms with Gasteiger partial charge in [-0.15, -0.1) is 0 Å². The first-order valence-electron chi connectivity index (χ1n) is 6.33. The van der Waals surface area contributed by atoms with Gasteiger partial charge in [-0.25, -0.2) is 13.4 Å². The van der Waals surface area contributed by atoms with Crippen molar-refractivity contribution in [2.24, 2.45) is 0 Å². The molecule has 0 bridgehead atoms. The first-order valence-corrected chi connectivity index (χ1v) is 9.20. The first kappa shape index (κ1) is 15.8. The van der Waals surface area contributed by atoms with E-state index in [0.717, 1.165) is 0 Å². The smallest absolute Gasteiger partial charge is 0.311 e. The second-order valence-corrected chi connectivity index (χ2v) is 8.11. The molecule has 1 unspecified atom stereocenters. The SMILES string of the molecule is CCS(=O)(=O)C1CSCCN1c1nc(N)ccc1[N+](=O)[O-]. The number of hydrogen-bond acceptors (Lipinski definition) is 8. The molecule has 0 saturated carbocycles. The minimum absolute atomic E-state index is 0.0230. The molecular weight excluding hydrogens is 316 g/mol. The number of hydrogen-bond donors (Lipinski definition) is 1. The van der Waals surface area contributed by atoms with Gasteiger partial charge in [-0.2, -0.15) is 11.8 Å². The van der Waals surface area contributed by atoms with E-state index in [1.165, 1.54) is 28.8 Å². The monoisotopic (exact) mass is 332 g/mol. The highest BCUT2D eigenvalue weighted by Crippen LogP contribution is 2.33. The zero-order valence-electron chi connectivity index (χ0n) is 11.4. The van der Waals surface area contributed by atoms with Crippen molar-refractivity contribution in [2.75, 3.05) is 34.4 Å². The number of pyridine rings is 1. The maximum absolute atomic E-state index is 12.2. The van der Waals surface area contributed by atoms with Crippen molar-refractivity contribution in [2.45, 2.75) is 12.3 Å². The van der Waals surface area contributed by atoms with Crippen LogP contribution in [0.1, 0.15) is 6.92 Å². The Morgan fingerprint density at radius 2 is 2.29 bits per heavy atom. The summed E-state index contributed by atoms with van der Waals surface area (Å²) >= 11 is 1.51. The number of aromatic nitrogens is 1. The molecule has 1 saturated heterocycles. The van der Waals surface area contributed by atoms with Crippen LogP contribution in [-0.2, 0) is 9.84 Å². The lowest BCUT2D eigenvalue weighted by atomic mass is 10.3. The molecule has 116 valence electrons. The van der Waals surface area contributed by atoms with Gasteiger partial charge in [0.25, 0.3) is 0 Å². The molecule has 1 aromatic rings. The lowest BCUT2D eigenvalue weighted by molar-refractivity contribution is -0.384. The van der Waals surface area contributed by atoms with E-state index in [4.69, 9.17) is 5.73 Å². The first-order chi connectivity index (χ1) is 9.86. The predicted octanol–water partition coefficient (Wildman–Crippen LogP) is 0.886. The van der Waals surface area contributed by atoms with Crippen molar-refractivity contribution in [3.8, 4) is 0 Å². The molecule has 1 aliphatic rings. The van der Waals surface area contributed by atoms with Crippen LogP contribution in [0.25, 0.3) is 0 Å². The van der Waals surface area contributed by atoms with Crippen molar-refractivity contribution in [1.82, 2.24) is 4.98 Å². The molecular formula is C11H16N4O4S2. The zero-order chi connectivity index (χ0) is 15.6. The molecule has 2 N–H and O–H groups in total. The minimum Gasteiger partial charge on any atom is -0.384 e. The van der Waals surface area contributed by atoms with Gasteiger partial charge >= 0.3 is 5.69 Å². The van der Waals surface area contributed by atoms with Crippen LogP contribution in [0.4, 0.5) is 17.3 Å². The van der Waals surface area contributed by atoms with E-state index in [1.807, 2.05) is 0 Å². The van der Waals surface area contributed by atoms with Crippen LogP contribution >= 0.6 is 11.8 Å². The molecule has 0 radical (unpaired) electrons. The van der Waals surface area contributed by atoms with Crippen molar-refractivity contribution >= 4 is 38.9 Å². The number of anilines is 2. The molecule has 8 nitrogen and oxygen atoms in total. The van der Waals surface area contributed by atoms with Crippen LogP contribution in [0.15, 0.2) is 12.1 Å². The highest BCUT2D eigenvalue weighted by Gasteiger charge is 2.36. The predicted molar refractivity (Wildman–Crippen MR) is 83.2 cm³/mol. The van der Waals surface area contributed by atoms with Gasteiger partial charge in [-0.05, 0) is 6.07 Å². The number of sulfone groups is 1. The Morgan fingerprint density at radius 3 is 2.90 bits per heavy atom. The number of nitrogens with two attached hydrogens (primary N) is 1. The molecule has 1 aromatic heterocycles. The molecule has 1 atom stereocenters. The second-order valence-electron chi connectivity index (χ2n) is 4.51. The topological polar surface area (TPSA) is 119 Å². The Bertz CT molecular complexity index is 650. The van der Waals surface area contributed by atoms with Gasteiger partial charge in [0.2, 0.25) is 5.82 Å². The van der Waals surface area contributed by atoms with Gasteiger partial charge in [-0.3, -0.25) is 10.1 Å². The van der Waals surface area contributed by atoms with Crippen LogP contribution in [0.5, 0.6) is 0 Å². The van der Waals surface area contributed by atoms with Gasteiger partial charge in [0, 0.05) is 29.9 Å². The van der Waals surface area contributed by atoms with Crippen molar-refractivity contribution in [3.63, 3.8) is 0 Å². The standard InChI is InChI=1S/C11H16N4O4S2/c1-2-21(18,19)10-7-20-6-5-14(10)11-8(15(16)17)3-4-9(12)13-11/h3-4,10H,2,5-7H2,1H3,(H2,12,13). The Hall–Kier alpha value is -1.55. The van der Waals surface area contributed by atoms with Crippen LogP contribution in [0, 0.1) is 10.1 Å². The second kappa shape index (κ2) is 6.06. The van der Waals surface area contributed by atoms with E-state index in [0.29, 0.717) is 18.1 Å². The molecule has 1 fully saturated rings. The molecule has 0 amide bonds. The Morgan fingerprint density at radius 1 is 1.57 bits per heavy atom. The maximum Gasteiger partial charge on any atom is 0.311 e. The van der Waals surface area contributed by atoms with E-state index in [9.17, 15) is 18.5 Å². The van der Waals surface area contributed by atoms with E-state index < -0.39 is 20.1 Å². The van der Waals surface area contributed by atoms with Gasteiger partial charge < -0.3 is 10.6 Å². The summed E-state index contributed by atoms with van der Waals surface area (Å²) in [7, 11) is -3.37. The average molecular weight is 332 g/mol. The largest absolute Gasteiger partial charge is 0.384 e. The third-order valence-electron chi connectivity index (χ3n) is 3.25. The van der Waals surface area contributed by atoms with Crippen LogP contribution in [0.3, 0.4) is 0 Å². The third-order valence-corrected chi connectivity index (χ3v) is 6.53. The van der Waals surface area contributed by atoms with E-state index >= 15 is 0 Å². The van der Waals surface area contributed by atoms with E-state index in [2.05, 4.69) is 4.98 Å². The van der Waals surface area contributed by atoms with Crippen molar-refractivity contribution in [3.05, 3.63) is 22.2 Å². The van der Waals surface area contributed by atoms with E-state index in [1.54, 1.807) is 6.92 Å². The van der Waals surface area contributed by atoms with Gasteiger partial charge in [-0.1, -0.05) is 6.92 Å². The number of nitro groups is 1. The lowest BCUT2D eigenvalue weighted by Crippen LogP contribution is -2.48. The van der Waals surface area contributed by atoms with Crippen LogP contribution in [0.2, 0.25) is 0 Å². The summed E-state index contributed by atoms with van der Waals surface area (Å²) in [5.74, 6) is 1.18. The molecule has 10 heteroatoms. The van der Waals surface area contributed by atoms with Crippen molar-refractivity contribution in [1.29, 1.82) is 0 Å². The number of thioether (sulfide) groups is 1. The summed E-state index contributed by atoms with van der Waals surface area (Å²) in [6, 6.07) is 2.60. The Kier molecular flexibility index (Phi) is 4.57. The highest BCUT2D eigenvalue weighted by atomic mass is 32.2. The summed E-state index contributed by atoms with van der Waals surface area (Å²) in [6.07, 6.45) is 0. The summed E-state index contributed by atoms with van der Waals surface area (Å²) < 4.78 is 24.4. The fraction of sp³-hybridized carbons (Fsp3) is 0.545. The average Bonchev–Trinajstić information content (AvgIpc) is 2.46. The molecule has 0 spiro atoms. The third kappa shape index (κ3) is 3.21. The summed E-state index contributed by atoms with van der Waals surface area (Å²) in [4.78, 5) is 16.1.